The molecule has 0 aromatic heterocycles. The highest BCUT2D eigenvalue weighted by molar-refractivity contribution is 5.45. The van der Waals surface area contributed by atoms with Crippen molar-refractivity contribution in [2.24, 2.45) is 5.92 Å². The summed E-state index contributed by atoms with van der Waals surface area (Å²) in [5, 5.41) is 3.44. The molecule has 18 heavy (non-hydrogen) atoms. The number of nitrogens with one attached hydrogen (secondary N) is 1. The Morgan fingerprint density at radius 1 is 1.17 bits per heavy atom. The van der Waals surface area contributed by atoms with Crippen LogP contribution in [0.1, 0.15) is 32.6 Å². The van der Waals surface area contributed by atoms with Gasteiger partial charge in [0.1, 0.15) is 0 Å². The maximum absolute atomic E-state index is 3.44. The first kappa shape index (κ1) is 13.4. The summed E-state index contributed by atoms with van der Waals surface area (Å²) >= 11 is 0. The van der Waals surface area contributed by atoms with Gasteiger partial charge in [0, 0.05) is 18.8 Å². The zero-order valence-corrected chi connectivity index (χ0v) is 11.6. The first-order valence-corrected chi connectivity index (χ1v) is 7.41. The van der Waals surface area contributed by atoms with E-state index < -0.39 is 0 Å². The van der Waals surface area contributed by atoms with Gasteiger partial charge in [0.25, 0.3) is 0 Å². The van der Waals surface area contributed by atoms with Crippen LogP contribution in [0.4, 0.5) is 5.69 Å². The lowest BCUT2D eigenvalue weighted by Gasteiger charge is -2.26. The summed E-state index contributed by atoms with van der Waals surface area (Å²) in [6.07, 6.45) is 5.47. The molecule has 100 valence electrons. The van der Waals surface area contributed by atoms with E-state index in [1.807, 2.05) is 0 Å². The highest BCUT2D eigenvalue weighted by atomic mass is 15.1. The van der Waals surface area contributed by atoms with Crippen molar-refractivity contribution in [2.45, 2.75) is 32.6 Å². The van der Waals surface area contributed by atoms with Crippen molar-refractivity contribution in [2.75, 3.05) is 31.1 Å². The number of anilines is 1. The lowest BCUT2D eigenvalue weighted by molar-refractivity contribution is 0.347. The van der Waals surface area contributed by atoms with Gasteiger partial charge in [-0.3, -0.25) is 0 Å². The lowest BCUT2D eigenvalue weighted by Crippen LogP contribution is -2.29. The molecule has 1 aromatic rings. The van der Waals surface area contributed by atoms with E-state index in [1.54, 1.807) is 0 Å². The molecule has 0 amide bonds. The predicted octanol–water partition coefficient (Wildman–Crippen LogP) is 3.29. The third-order valence-corrected chi connectivity index (χ3v) is 4.00. The smallest absolute Gasteiger partial charge is 0.0366 e. The van der Waals surface area contributed by atoms with E-state index in [0.29, 0.717) is 0 Å². The minimum absolute atomic E-state index is 0.959. The van der Waals surface area contributed by atoms with Crippen LogP contribution in [0, 0.1) is 5.92 Å². The minimum Gasteiger partial charge on any atom is -0.372 e. The Morgan fingerprint density at radius 3 is 2.56 bits per heavy atom. The summed E-state index contributed by atoms with van der Waals surface area (Å²) in [5.41, 5.74) is 1.37. The molecule has 0 atom stereocenters. The molecule has 1 aliphatic heterocycles. The molecular weight excluding hydrogens is 220 g/mol. The monoisotopic (exact) mass is 246 g/mol. The third kappa shape index (κ3) is 4.02. The molecule has 1 heterocycles. The molecule has 1 N–H and O–H groups in total. The van der Waals surface area contributed by atoms with Crippen LogP contribution in [0.3, 0.4) is 0 Å². The van der Waals surface area contributed by atoms with Gasteiger partial charge < -0.3 is 10.2 Å². The molecule has 2 heteroatoms. The number of nitrogens with zero attached hydrogens (tertiary/aromatic N) is 1. The van der Waals surface area contributed by atoms with Gasteiger partial charge >= 0.3 is 0 Å². The normalized spacial score (nSPS) is 16.7. The minimum atomic E-state index is 0.959. The highest BCUT2D eigenvalue weighted by Crippen LogP contribution is 2.19. The van der Waals surface area contributed by atoms with Crippen molar-refractivity contribution in [3.8, 4) is 0 Å². The van der Waals surface area contributed by atoms with Crippen LogP contribution in [0.5, 0.6) is 0 Å². The van der Waals surface area contributed by atoms with Gasteiger partial charge in [-0.25, -0.2) is 0 Å². The standard InChI is InChI=1S/C16H26N2/c1-2-18(16-8-4-3-5-9-16)14-6-7-15-10-12-17-13-11-15/h3-5,8-9,15,17H,2,6-7,10-14H2,1H3. The fourth-order valence-corrected chi connectivity index (χ4v) is 2.85. The van der Waals surface area contributed by atoms with Crippen molar-refractivity contribution in [1.82, 2.24) is 5.32 Å². The molecule has 0 spiro atoms. The first-order valence-electron chi connectivity index (χ1n) is 7.41. The molecule has 2 nitrogen and oxygen atoms in total. The number of benzene rings is 1. The quantitative estimate of drug-likeness (QED) is 0.828. The average Bonchev–Trinajstić information content (AvgIpc) is 2.46. The number of hydrogen-bond acceptors (Lipinski definition) is 2. The summed E-state index contributed by atoms with van der Waals surface area (Å²) in [4.78, 5) is 2.49. The Labute approximate surface area is 111 Å². The van der Waals surface area contributed by atoms with Gasteiger partial charge in [-0.15, -0.1) is 0 Å². The molecule has 1 fully saturated rings. The van der Waals surface area contributed by atoms with Crippen LogP contribution in [0.2, 0.25) is 0 Å². The van der Waals surface area contributed by atoms with E-state index in [2.05, 4.69) is 47.5 Å². The van der Waals surface area contributed by atoms with Gasteiger partial charge in [-0.1, -0.05) is 18.2 Å². The van der Waals surface area contributed by atoms with Gasteiger partial charge in [0.2, 0.25) is 0 Å². The zero-order valence-electron chi connectivity index (χ0n) is 11.6. The molecular formula is C16H26N2. The maximum Gasteiger partial charge on any atom is 0.0366 e. The summed E-state index contributed by atoms with van der Waals surface area (Å²) in [6.45, 7) is 7.00. The van der Waals surface area contributed by atoms with Crippen LogP contribution in [0.25, 0.3) is 0 Å². The second-order valence-corrected chi connectivity index (χ2v) is 5.25. The molecule has 0 aliphatic carbocycles. The van der Waals surface area contributed by atoms with Crippen LogP contribution < -0.4 is 10.2 Å². The Kier molecular flexibility index (Phi) is 5.53. The summed E-state index contributed by atoms with van der Waals surface area (Å²) in [6, 6.07) is 10.8. The Hall–Kier alpha value is -1.02. The molecule has 1 saturated heterocycles. The van der Waals surface area contributed by atoms with Gasteiger partial charge in [-0.05, 0) is 63.7 Å². The van der Waals surface area contributed by atoms with E-state index >= 15 is 0 Å². The van der Waals surface area contributed by atoms with E-state index in [4.69, 9.17) is 0 Å². The third-order valence-electron chi connectivity index (χ3n) is 4.00. The van der Waals surface area contributed by atoms with Gasteiger partial charge in [0.15, 0.2) is 0 Å². The Morgan fingerprint density at radius 2 is 1.89 bits per heavy atom. The second kappa shape index (κ2) is 7.42. The SMILES string of the molecule is CCN(CCCC1CCNCC1)c1ccccc1. The highest BCUT2D eigenvalue weighted by Gasteiger charge is 2.13. The van der Waals surface area contributed by atoms with E-state index in [-0.39, 0.29) is 0 Å². The van der Waals surface area contributed by atoms with Crippen molar-refractivity contribution in [3.05, 3.63) is 30.3 Å². The molecule has 1 aromatic carbocycles. The van der Waals surface area contributed by atoms with E-state index in [1.165, 1.54) is 51.0 Å². The van der Waals surface area contributed by atoms with Crippen LogP contribution >= 0.6 is 0 Å². The summed E-state index contributed by atoms with van der Waals surface area (Å²) < 4.78 is 0. The number of rotatable bonds is 6. The zero-order chi connectivity index (χ0) is 12.6. The van der Waals surface area contributed by atoms with Crippen molar-refractivity contribution in [1.29, 1.82) is 0 Å². The largest absolute Gasteiger partial charge is 0.372 e. The van der Waals surface area contributed by atoms with Gasteiger partial charge in [-0.2, -0.15) is 0 Å². The number of hydrogen-bond donors (Lipinski definition) is 1. The van der Waals surface area contributed by atoms with Crippen molar-refractivity contribution < 1.29 is 0 Å². The number of para-hydroxylation sites is 1. The lowest BCUT2D eigenvalue weighted by atomic mass is 9.93. The van der Waals surface area contributed by atoms with Crippen molar-refractivity contribution in [3.63, 3.8) is 0 Å². The van der Waals surface area contributed by atoms with Crippen LogP contribution in [-0.4, -0.2) is 26.2 Å². The number of piperidine rings is 1. The molecule has 0 saturated carbocycles. The van der Waals surface area contributed by atoms with Gasteiger partial charge in [0.05, 0.1) is 0 Å². The van der Waals surface area contributed by atoms with E-state index in [0.717, 1.165) is 12.5 Å². The topological polar surface area (TPSA) is 15.3 Å². The molecule has 0 bridgehead atoms. The Bertz CT molecular complexity index is 317. The van der Waals surface area contributed by atoms with Crippen LogP contribution in [0.15, 0.2) is 30.3 Å². The average molecular weight is 246 g/mol. The van der Waals surface area contributed by atoms with Crippen LogP contribution in [-0.2, 0) is 0 Å². The predicted molar refractivity (Wildman–Crippen MR) is 79.2 cm³/mol. The maximum atomic E-state index is 3.44. The fourth-order valence-electron chi connectivity index (χ4n) is 2.85. The second-order valence-electron chi connectivity index (χ2n) is 5.25. The van der Waals surface area contributed by atoms with Crippen molar-refractivity contribution >= 4 is 5.69 Å². The molecule has 0 unspecified atom stereocenters. The summed E-state index contributed by atoms with van der Waals surface area (Å²) in [5.74, 6) is 0.959. The molecule has 1 aliphatic rings. The fraction of sp³-hybridized carbons (Fsp3) is 0.625. The Balaban J connectivity index is 1.73. The van der Waals surface area contributed by atoms with E-state index in [9.17, 15) is 0 Å². The molecule has 2 rings (SSSR count). The summed E-state index contributed by atoms with van der Waals surface area (Å²) in [7, 11) is 0. The first-order chi connectivity index (χ1) is 8.90. The molecule has 0 radical (unpaired) electrons.